The average Bonchev–Trinajstić information content (AvgIpc) is 2.67. The van der Waals surface area contributed by atoms with E-state index in [-0.39, 0.29) is 11.5 Å². The summed E-state index contributed by atoms with van der Waals surface area (Å²) in [4.78, 5) is 2.38. The van der Waals surface area contributed by atoms with Crippen molar-refractivity contribution in [2.45, 2.75) is 19.4 Å². The van der Waals surface area contributed by atoms with Gasteiger partial charge < -0.3 is 10.2 Å². The summed E-state index contributed by atoms with van der Waals surface area (Å²) < 4.78 is 0. The van der Waals surface area contributed by atoms with Crippen LogP contribution in [0.2, 0.25) is 0 Å². The van der Waals surface area contributed by atoms with Gasteiger partial charge >= 0.3 is 0 Å². The molecule has 0 aliphatic carbocycles. The Morgan fingerprint density at radius 2 is 1.59 bits per heavy atom. The smallest absolute Gasteiger partial charge is 0.128 e. The minimum Gasteiger partial charge on any atom is -0.507 e. The fourth-order valence-corrected chi connectivity index (χ4v) is 4.44. The van der Waals surface area contributed by atoms with Crippen molar-refractivity contribution in [3.05, 3.63) is 72.3 Å². The fourth-order valence-electron chi connectivity index (χ4n) is 3.46. The second-order valence-electron chi connectivity index (χ2n) is 6.88. The van der Waals surface area contributed by atoms with Crippen LogP contribution in [0.3, 0.4) is 0 Å². The summed E-state index contributed by atoms with van der Waals surface area (Å²) in [6.45, 7) is 10.4. The van der Waals surface area contributed by atoms with Gasteiger partial charge in [0.15, 0.2) is 0 Å². The third-order valence-electron chi connectivity index (χ3n) is 4.86. The molecule has 2 aromatic carbocycles. The van der Waals surface area contributed by atoms with Crippen LogP contribution in [0.25, 0.3) is 11.1 Å². The van der Waals surface area contributed by atoms with Crippen LogP contribution in [0.15, 0.2) is 55.6 Å². The Morgan fingerprint density at radius 1 is 0.926 bits per heavy atom. The first-order valence-electron chi connectivity index (χ1n) is 9.31. The van der Waals surface area contributed by atoms with Gasteiger partial charge in [-0.1, -0.05) is 24.3 Å². The van der Waals surface area contributed by atoms with Crippen molar-refractivity contribution in [3.8, 4) is 22.6 Å². The third kappa shape index (κ3) is 4.76. The number of hydrogen-bond acceptors (Lipinski definition) is 4. The number of phenols is 2. The summed E-state index contributed by atoms with van der Waals surface area (Å²) in [7, 11) is 0. The van der Waals surface area contributed by atoms with Gasteiger partial charge in [0.1, 0.15) is 11.5 Å². The van der Waals surface area contributed by atoms with Crippen molar-refractivity contribution in [3.63, 3.8) is 0 Å². The van der Waals surface area contributed by atoms with Gasteiger partial charge in [-0.3, -0.25) is 4.90 Å². The van der Waals surface area contributed by atoms with Crippen LogP contribution in [0, 0.1) is 0 Å². The molecule has 1 aliphatic heterocycles. The highest BCUT2D eigenvalue weighted by Gasteiger charge is 2.18. The molecule has 2 N–H and O–H groups in total. The number of allylic oxidation sites excluding steroid dienone is 2. The van der Waals surface area contributed by atoms with Crippen molar-refractivity contribution in [2.75, 3.05) is 24.6 Å². The second-order valence-corrected chi connectivity index (χ2v) is 8.10. The van der Waals surface area contributed by atoms with Crippen LogP contribution in [-0.2, 0) is 19.4 Å². The van der Waals surface area contributed by atoms with E-state index < -0.39 is 0 Å². The Morgan fingerprint density at radius 3 is 2.30 bits per heavy atom. The van der Waals surface area contributed by atoms with E-state index in [1.165, 1.54) is 0 Å². The number of phenolic OH excluding ortho intramolecular Hbond substituents is 2. The molecule has 4 heteroatoms. The van der Waals surface area contributed by atoms with Gasteiger partial charge in [-0.15, -0.1) is 13.2 Å². The second kappa shape index (κ2) is 9.16. The number of rotatable bonds is 7. The quantitative estimate of drug-likeness (QED) is 0.678. The minimum absolute atomic E-state index is 0.175. The molecule has 0 radical (unpaired) electrons. The predicted octanol–water partition coefficient (Wildman–Crippen LogP) is 4.77. The summed E-state index contributed by atoms with van der Waals surface area (Å²) in [6, 6.07) is 9.53. The van der Waals surface area contributed by atoms with Gasteiger partial charge in [0, 0.05) is 47.8 Å². The summed E-state index contributed by atoms with van der Waals surface area (Å²) in [5, 5.41) is 21.5. The molecule has 1 saturated heterocycles. The SMILES string of the molecule is C=CCc1ccc(O)c(-c2cc(CC=C)cc(CN3CCSCC3)c2O)c1. The molecular formula is C23H27NO2S. The van der Waals surface area contributed by atoms with Crippen LogP contribution in [-0.4, -0.2) is 39.7 Å². The highest BCUT2D eigenvalue weighted by atomic mass is 32.2. The highest BCUT2D eigenvalue weighted by Crippen LogP contribution is 2.39. The van der Waals surface area contributed by atoms with E-state index in [9.17, 15) is 10.2 Å². The Labute approximate surface area is 166 Å². The molecule has 0 amide bonds. The van der Waals surface area contributed by atoms with Crippen LogP contribution in [0.5, 0.6) is 11.5 Å². The van der Waals surface area contributed by atoms with E-state index in [4.69, 9.17) is 0 Å². The maximum atomic E-state index is 11.0. The monoisotopic (exact) mass is 381 g/mol. The zero-order valence-corrected chi connectivity index (χ0v) is 16.5. The van der Waals surface area contributed by atoms with Gasteiger partial charge in [0.2, 0.25) is 0 Å². The van der Waals surface area contributed by atoms with Gasteiger partial charge in [0.05, 0.1) is 0 Å². The van der Waals surface area contributed by atoms with Crippen molar-refractivity contribution < 1.29 is 10.2 Å². The van der Waals surface area contributed by atoms with Crippen LogP contribution < -0.4 is 0 Å². The normalized spacial score (nSPS) is 14.8. The molecule has 27 heavy (non-hydrogen) atoms. The fraction of sp³-hybridized carbons (Fsp3) is 0.304. The Bertz CT molecular complexity index is 825. The third-order valence-corrected chi connectivity index (χ3v) is 5.80. The highest BCUT2D eigenvalue weighted by molar-refractivity contribution is 7.99. The molecule has 0 bridgehead atoms. The molecule has 1 aliphatic rings. The molecule has 0 aromatic heterocycles. The molecule has 3 rings (SSSR count). The minimum atomic E-state index is 0.175. The zero-order chi connectivity index (χ0) is 19.2. The lowest BCUT2D eigenvalue weighted by Gasteiger charge is -2.27. The Balaban J connectivity index is 2.04. The van der Waals surface area contributed by atoms with Gasteiger partial charge in [0.25, 0.3) is 0 Å². The van der Waals surface area contributed by atoms with E-state index in [2.05, 4.69) is 24.1 Å². The molecule has 3 nitrogen and oxygen atoms in total. The summed E-state index contributed by atoms with van der Waals surface area (Å²) >= 11 is 1.97. The standard InChI is InChI=1S/C23H27NO2S/c1-3-5-17-7-8-22(25)20(14-17)21-15-18(6-4-2)13-19(23(21)26)16-24-9-11-27-12-10-24/h3-4,7-8,13-15,25-26H,1-2,5-6,9-12,16H2. The Kier molecular flexibility index (Phi) is 6.64. The van der Waals surface area contributed by atoms with E-state index in [1.54, 1.807) is 6.07 Å². The predicted molar refractivity (Wildman–Crippen MR) is 116 cm³/mol. The van der Waals surface area contributed by atoms with Crippen molar-refractivity contribution in [2.24, 2.45) is 0 Å². The lowest BCUT2D eigenvalue weighted by molar-refractivity contribution is 0.289. The van der Waals surface area contributed by atoms with Crippen molar-refractivity contribution >= 4 is 11.8 Å². The molecule has 0 unspecified atom stereocenters. The largest absolute Gasteiger partial charge is 0.507 e. The van der Waals surface area contributed by atoms with Gasteiger partial charge in [-0.05, 0) is 42.2 Å². The maximum Gasteiger partial charge on any atom is 0.128 e. The van der Waals surface area contributed by atoms with E-state index in [0.717, 1.165) is 60.7 Å². The van der Waals surface area contributed by atoms with Crippen LogP contribution in [0.4, 0.5) is 0 Å². The van der Waals surface area contributed by atoms with Gasteiger partial charge in [-0.2, -0.15) is 11.8 Å². The average molecular weight is 382 g/mol. The molecular weight excluding hydrogens is 354 g/mol. The van der Waals surface area contributed by atoms with Crippen LogP contribution in [0.1, 0.15) is 16.7 Å². The first-order chi connectivity index (χ1) is 13.1. The molecule has 0 spiro atoms. The van der Waals surface area contributed by atoms with Gasteiger partial charge in [-0.25, -0.2) is 0 Å². The Hall–Kier alpha value is -2.17. The summed E-state index contributed by atoms with van der Waals surface area (Å²) in [6.07, 6.45) is 5.15. The van der Waals surface area contributed by atoms with Crippen molar-refractivity contribution in [1.82, 2.24) is 4.90 Å². The topological polar surface area (TPSA) is 43.7 Å². The lowest BCUT2D eigenvalue weighted by Crippen LogP contribution is -2.32. The molecule has 1 fully saturated rings. The number of hydrogen-bond donors (Lipinski definition) is 2. The lowest BCUT2D eigenvalue weighted by atomic mass is 9.94. The molecule has 142 valence electrons. The number of thioether (sulfide) groups is 1. The molecule has 0 saturated carbocycles. The van der Waals surface area contributed by atoms with Crippen molar-refractivity contribution in [1.29, 1.82) is 0 Å². The van der Waals surface area contributed by atoms with E-state index in [0.29, 0.717) is 11.1 Å². The summed E-state index contributed by atoms with van der Waals surface area (Å²) in [5.74, 6) is 2.69. The molecule has 0 atom stereocenters. The first kappa shape index (κ1) is 19.6. The van der Waals surface area contributed by atoms with Crippen LogP contribution >= 0.6 is 11.8 Å². The maximum absolute atomic E-state index is 11.0. The first-order valence-corrected chi connectivity index (χ1v) is 10.5. The number of aromatic hydroxyl groups is 2. The number of nitrogens with zero attached hydrogens (tertiary/aromatic N) is 1. The zero-order valence-electron chi connectivity index (χ0n) is 15.7. The van der Waals surface area contributed by atoms with E-state index >= 15 is 0 Å². The summed E-state index contributed by atoms with van der Waals surface area (Å²) in [5.41, 5.74) is 4.39. The van der Waals surface area contributed by atoms with E-state index in [1.807, 2.05) is 42.1 Å². The number of benzene rings is 2. The molecule has 2 aromatic rings. The molecule has 1 heterocycles.